The molecule has 182 valence electrons. The number of amides is 1. The van der Waals surface area contributed by atoms with E-state index in [-0.39, 0.29) is 30.5 Å². The maximum absolute atomic E-state index is 13.1. The van der Waals surface area contributed by atoms with Crippen LogP contribution in [-0.4, -0.2) is 74.8 Å². The maximum atomic E-state index is 13.1. The van der Waals surface area contributed by atoms with Crippen molar-refractivity contribution in [2.24, 2.45) is 0 Å². The number of hydrogen-bond acceptors (Lipinski definition) is 5. The Morgan fingerprint density at radius 3 is 2.36 bits per heavy atom. The molecule has 1 aliphatic heterocycles. The first-order chi connectivity index (χ1) is 15.2. The molecule has 0 aromatic heterocycles. The van der Waals surface area contributed by atoms with Gasteiger partial charge in [-0.3, -0.25) is 9.69 Å². The summed E-state index contributed by atoms with van der Waals surface area (Å²) in [5.74, 6) is 0.0325. The lowest BCUT2D eigenvalue weighted by atomic mass is 10.0. The van der Waals surface area contributed by atoms with Gasteiger partial charge in [0.05, 0.1) is 24.8 Å². The van der Waals surface area contributed by atoms with Gasteiger partial charge in [0.25, 0.3) is 0 Å². The first kappa shape index (κ1) is 27.3. The third-order valence-corrected chi connectivity index (χ3v) is 6.61. The van der Waals surface area contributed by atoms with E-state index in [0.717, 1.165) is 35.9 Å². The minimum absolute atomic E-state index is 0. The number of aliphatic hydroxyl groups excluding tert-OH is 1. The van der Waals surface area contributed by atoms with Gasteiger partial charge in [-0.1, -0.05) is 54.6 Å². The summed E-state index contributed by atoms with van der Waals surface area (Å²) < 4.78 is 24.8. The van der Waals surface area contributed by atoms with Gasteiger partial charge in [0.2, 0.25) is 15.9 Å². The number of likely N-dealkylation sites (N-methyl/N-ethyl adjacent to an activating group) is 1. The van der Waals surface area contributed by atoms with Gasteiger partial charge in [-0.25, -0.2) is 13.1 Å². The van der Waals surface area contributed by atoms with Gasteiger partial charge < -0.3 is 10.0 Å². The van der Waals surface area contributed by atoms with E-state index in [0.29, 0.717) is 32.5 Å². The lowest BCUT2D eigenvalue weighted by molar-refractivity contribution is -0.131. The number of carbonyl (C=O) groups is 1. The SMILES string of the molecule is CN(C(=O)Cc1ccc(CCNS(C)(=O)=O)cc1)[C@H](CN1CC[C@H](O)C1)c1ccccc1.Cl. The van der Waals surface area contributed by atoms with Crippen molar-refractivity contribution in [1.29, 1.82) is 0 Å². The fraction of sp³-hybridized carbons (Fsp3) is 0.458. The fourth-order valence-electron chi connectivity index (χ4n) is 4.03. The molecule has 2 N–H and O–H groups in total. The first-order valence-electron chi connectivity index (χ1n) is 10.9. The highest BCUT2D eigenvalue weighted by Gasteiger charge is 2.28. The van der Waals surface area contributed by atoms with Crippen molar-refractivity contribution in [2.75, 3.05) is 39.5 Å². The molecule has 2 aromatic rings. The van der Waals surface area contributed by atoms with Crippen LogP contribution in [0.1, 0.15) is 29.2 Å². The molecule has 7 nitrogen and oxygen atoms in total. The Labute approximate surface area is 203 Å². The number of sulfonamides is 1. The molecule has 1 fully saturated rings. The number of nitrogens with zero attached hydrogens (tertiary/aromatic N) is 2. The predicted octanol–water partition coefficient (Wildman–Crippen LogP) is 2.01. The third-order valence-electron chi connectivity index (χ3n) is 5.88. The van der Waals surface area contributed by atoms with E-state index in [1.807, 2.05) is 66.5 Å². The minimum atomic E-state index is -3.19. The van der Waals surface area contributed by atoms with Crippen molar-refractivity contribution in [2.45, 2.75) is 31.4 Å². The molecule has 1 aliphatic rings. The van der Waals surface area contributed by atoms with Crippen LogP contribution in [0, 0.1) is 0 Å². The van der Waals surface area contributed by atoms with Crippen molar-refractivity contribution in [3.8, 4) is 0 Å². The molecule has 0 unspecified atom stereocenters. The molecule has 0 aliphatic carbocycles. The van der Waals surface area contributed by atoms with Gasteiger partial charge in [-0.2, -0.15) is 0 Å². The summed E-state index contributed by atoms with van der Waals surface area (Å²) in [4.78, 5) is 17.1. The van der Waals surface area contributed by atoms with Crippen molar-refractivity contribution in [3.63, 3.8) is 0 Å². The number of β-amino-alcohol motifs (C(OH)–C–C–N with tert-alkyl or cyclic N) is 1. The number of rotatable bonds is 10. The van der Waals surface area contributed by atoms with Crippen LogP contribution >= 0.6 is 12.4 Å². The topological polar surface area (TPSA) is 90.0 Å². The van der Waals surface area contributed by atoms with E-state index in [1.54, 1.807) is 0 Å². The van der Waals surface area contributed by atoms with Crippen LogP contribution in [0.15, 0.2) is 54.6 Å². The van der Waals surface area contributed by atoms with Crippen LogP contribution in [0.3, 0.4) is 0 Å². The average molecular weight is 496 g/mol. The molecule has 0 spiro atoms. The second kappa shape index (κ2) is 12.5. The molecule has 0 bridgehead atoms. The van der Waals surface area contributed by atoms with Crippen molar-refractivity contribution in [3.05, 3.63) is 71.3 Å². The first-order valence-corrected chi connectivity index (χ1v) is 12.8. The van der Waals surface area contributed by atoms with Crippen molar-refractivity contribution >= 4 is 28.3 Å². The highest BCUT2D eigenvalue weighted by Crippen LogP contribution is 2.24. The Hall–Kier alpha value is -1.97. The molecule has 33 heavy (non-hydrogen) atoms. The second-order valence-corrected chi connectivity index (χ2v) is 10.4. The van der Waals surface area contributed by atoms with Gasteiger partial charge in [-0.15, -0.1) is 12.4 Å². The summed E-state index contributed by atoms with van der Waals surface area (Å²) in [6.45, 7) is 2.52. The second-order valence-electron chi connectivity index (χ2n) is 8.54. The summed E-state index contributed by atoms with van der Waals surface area (Å²) in [5.41, 5.74) is 3.02. The van der Waals surface area contributed by atoms with Gasteiger partial charge in [0.1, 0.15) is 0 Å². The van der Waals surface area contributed by atoms with E-state index in [4.69, 9.17) is 0 Å². The number of hydrogen-bond donors (Lipinski definition) is 2. The van der Waals surface area contributed by atoms with Crippen LogP contribution in [0.5, 0.6) is 0 Å². The number of benzene rings is 2. The minimum Gasteiger partial charge on any atom is -0.392 e. The van der Waals surface area contributed by atoms with Crippen LogP contribution in [-0.2, 0) is 27.7 Å². The molecule has 0 radical (unpaired) electrons. The molecule has 0 saturated carbocycles. The van der Waals surface area contributed by atoms with Gasteiger partial charge in [0.15, 0.2) is 0 Å². The largest absolute Gasteiger partial charge is 0.392 e. The zero-order chi connectivity index (χ0) is 23.1. The molecule has 1 saturated heterocycles. The monoisotopic (exact) mass is 495 g/mol. The van der Waals surface area contributed by atoms with Crippen LogP contribution < -0.4 is 4.72 Å². The predicted molar refractivity (Wildman–Crippen MR) is 133 cm³/mol. The van der Waals surface area contributed by atoms with E-state index in [9.17, 15) is 18.3 Å². The average Bonchev–Trinajstić information content (AvgIpc) is 3.17. The maximum Gasteiger partial charge on any atom is 0.227 e. The van der Waals surface area contributed by atoms with E-state index < -0.39 is 10.0 Å². The van der Waals surface area contributed by atoms with Crippen LogP contribution in [0.4, 0.5) is 0 Å². The smallest absolute Gasteiger partial charge is 0.227 e. The molecule has 3 rings (SSSR count). The molecule has 9 heteroatoms. The zero-order valence-electron chi connectivity index (χ0n) is 19.2. The highest BCUT2D eigenvalue weighted by atomic mass is 35.5. The van der Waals surface area contributed by atoms with Gasteiger partial charge in [-0.05, 0) is 29.5 Å². The molecule has 1 amide bonds. The van der Waals surface area contributed by atoms with E-state index in [1.165, 1.54) is 0 Å². The summed E-state index contributed by atoms with van der Waals surface area (Å²) in [6, 6.07) is 17.7. The van der Waals surface area contributed by atoms with Crippen LogP contribution in [0.2, 0.25) is 0 Å². The zero-order valence-corrected chi connectivity index (χ0v) is 20.8. The molecule has 1 heterocycles. The molecular weight excluding hydrogens is 462 g/mol. The summed E-state index contributed by atoms with van der Waals surface area (Å²) >= 11 is 0. The van der Waals surface area contributed by atoms with Crippen molar-refractivity contribution < 1.29 is 18.3 Å². The third kappa shape index (κ3) is 8.72. The van der Waals surface area contributed by atoms with E-state index >= 15 is 0 Å². The van der Waals surface area contributed by atoms with Crippen molar-refractivity contribution in [1.82, 2.24) is 14.5 Å². The lowest BCUT2D eigenvalue weighted by Crippen LogP contribution is -2.39. The Balaban J connectivity index is 0.00000385. The summed E-state index contributed by atoms with van der Waals surface area (Å²) in [7, 11) is -1.34. The Morgan fingerprint density at radius 2 is 1.79 bits per heavy atom. The Kier molecular flexibility index (Phi) is 10.3. The number of likely N-dealkylation sites (tertiary alicyclic amines) is 1. The number of carbonyl (C=O) groups excluding carboxylic acids is 1. The molecule has 2 aromatic carbocycles. The standard InChI is InChI=1S/C24H33N3O4S.ClH/c1-26(23(21-6-4-3-5-7-21)18-27-15-13-22(28)17-27)24(29)16-20-10-8-19(9-11-20)12-14-25-32(2,30)31;/h3-11,22-23,25,28H,12-18H2,1-2H3;1H/t22-,23+;/m0./s1. The fourth-order valence-corrected chi connectivity index (χ4v) is 4.50. The normalized spacial score (nSPS) is 17.4. The van der Waals surface area contributed by atoms with Crippen LogP contribution in [0.25, 0.3) is 0 Å². The Morgan fingerprint density at radius 1 is 1.15 bits per heavy atom. The Bertz CT molecular complexity index is 987. The molecular formula is C24H34ClN3O4S. The molecule has 2 atom stereocenters. The quantitative estimate of drug-likeness (QED) is 0.526. The summed E-state index contributed by atoms with van der Waals surface area (Å²) in [6.07, 6.45) is 2.51. The van der Waals surface area contributed by atoms with Gasteiger partial charge in [0, 0.05) is 33.2 Å². The number of nitrogens with one attached hydrogen (secondary N) is 1. The number of halogens is 1. The van der Waals surface area contributed by atoms with Gasteiger partial charge >= 0.3 is 0 Å². The summed E-state index contributed by atoms with van der Waals surface area (Å²) in [5, 5.41) is 9.89. The highest BCUT2D eigenvalue weighted by molar-refractivity contribution is 7.88. The lowest BCUT2D eigenvalue weighted by Gasteiger charge is -2.32. The number of aliphatic hydroxyl groups is 1. The van der Waals surface area contributed by atoms with E-state index in [2.05, 4.69) is 9.62 Å².